The van der Waals surface area contributed by atoms with E-state index in [2.05, 4.69) is 10.6 Å². The van der Waals surface area contributed by atoms with Crippen molar-refractivity contribution in [2.75, 3.05) is 6.54 Å². The molecule has 34 heavy (non-hydrogen) atoms. The van der Waals surface area contributed by atoms with Crippen molar-refractivity contribution in [3.63, 3.8) is 0 Å². The predicted octanol–water partition coefficient (Wildman–Crippen LogP) is 4.95. The van der Waals surface area contributed by atoms with E-state index in [1.807, 2.05) is 39.0 Å². The molecule has 7 nitrogen and oxygen atoms in total. The van der Waals surface area contributed by atoms with Crippen LogP contribution in [-0.4, -0.2) is 47.0 Å². The van der Waals surface area contributed by atoms with E-state index in [0.717, 1.165) is 42.4 Å². The summed E-state index contributed by atoms with van der Waals surface area (Å²) >= 11 is 0. The fraction of sp³-hybridized carbons (Fsp3) is 0.667. The van der Waals surface area contributed by atoms with Gasteiger partial charge in [-0.15, -0.1) is 0 Å². The molecule has 0 aliphatic heterocycles. The number of carbonyl (C=O) groups excluding carboxylic acids is 3. The molecule has 1 aromatic carbocycles. The van der Waals surface area contributed by atoms with Gasteiger partial charge in [0.05, 0.1) is 0 Å². The smallest absolute Gasteiger partial charge is 0.408 e. The molecule has 2 atom stereocenters. The Kier molecular flexibility index (Phi) is 9.95. The number of rotatable bonds is 8. The van der Waals surface area contributed by atoms with E-state index in [9.17, 15) is 14.4 Å². The molecule has 0 spiro atoms. The Labute approximate surface area is 205 Å². The summed E-state index contributed by atoms with van der Waals surface area (Å²) < 4.78 is 5.32. The topological polar surface area (TPSA) is 87.7 Å². The van der Waals surface area contributed by atoms with Gasteiger partial charge in [-0.2, -0.15) is 0 Å². The van der Waals surface area contributed by atoms with Crippen LogP contribution in [0.4, 0.5) is 4.79 Å². The molecule has 1 aliphatic rings. The van der Waals surface area contributed by atoms with E-state index < -0.39 is 23.8 Å². The van der Waals surface area contributed by atoms with Gasteiger partial charge in [0.2, 0.25) is 11.8 Å². The Balaban J connectivity index is 2.35. The fourth-order valence-corrected chi connectivity index (χ4v) is 4.51. The average Bonchev–Trinajstić information content (AvgIpc) is 2.73. The quantitative estimate of drug-likeness (QED) is 0.559. The van der Waals surface area contributed by atoms with Gasteiger partial charge in [0.15, 0.2) is 0 Å². The minimum atomic E-state index is -0.836. The van der Waals surface area contributed by atoms with Crippen LogP contribution in [0, 0.1) is 13.8 Å². The highest BCUT2D eigenvalue weighted by Crippen LogP contribution is 2.28. The molecule has 1 aliphatic carbocycles. The molecule has 1 saturated carbocycles. The molecule has 1 fully saturated rings. The molecule has 2 rings (SSSR count). The highest BCUT2D eigenvalue weighted by molar-refractivity contribution is 5.92. The van der Waals surface area contributed by atoms with Crippen molar-refractivity contribution in [1.29, 1.82) is 0 Å². The second kappa shape index (κ2) is 12.2. The zero-order chi connectivity index (χ0) is 25.5. The minimum absolute atomic E-state index is 0.130. The second-order valence-corrected chi connectivity index (χ2v) is 10.5. The highest BCUT2D eigenvalue weighted by Gasteiger charge is 2.36. The summed E-state index contributed by atoms with van der Waals surface area (Å²) in [6.07, 6.45) is 5.36. The molecular formula is C27H43N3O4. The third-order valence-corrected chi connectivity index (χ3v) is 6.08. The van der Waals surface area contributed by atoms with Crippen molar-refractivity contribution in [2.45, 2.75) is 111 Å². The van der Waals surface area contributed by atoms with E-state index >= 15 is 0 Å². The standard InChI is InChI=1S/C27H43N3O4/c1-8-16-30(25(32)20(4)28-26(33)34-27(5,6)7)23(22-15-14-18(2)17-19(22)3)24(31)29-21-12-10-9-11-13-21/h14-15,17,20-21,23H,8-13,16H2,1-7H3,(H,28,33)(H,29,31). The molecule has 0 bridgehead atoms. The molecule has 0 saturated heterocycles. The first-order valence-corrected chi connectivity index (χ1v) is 12.6. The van der Waals surface area contributed by atoms with Crippen LogP contribution in [-0.2, 0) is 14.3 Å². The van der Waals surface area contributed by atoms with Gasteiger partial charge in [-0.3, -0.25) is 9.59 Å². The van der Waals surface area contributed by atoms with Gasteiger partial charge in [-0.05, 0) is 71.9 Å². The summed E-state index contributed by atoms with van der Waals surface area (Å²) in [5, 5.41) is 5.86. The number of benzene rings is 1. The summed E-state index contributed by atoms with van der Waals surface area (Å²) in [5.41, 5.74) is 2.20. The summed E-state index contributed by atoms with van der Waals surface area (Å²) in [6.45, 7) is 13.3. The number of hydrogen-bond acceptors (Lipinski definition) is 4. The van der Waals surface area contributed by atoms with Crippen molar-refractivity contribution >= 4 is 17.9 Å². The highest BCUT2D eigenvalue weighted by atomic mass is 16.6. The van der Waals surface area contributed by atoms with Crippen molar-refractivity contribution < 1.29 is 19.1 Å². The molecule has 2 N–H and O–H groups in total. The van der Waals surface area contributed by atoms with E-state index in [1.165, 1.54) is 6.42 Å². The van der Waals surface area contributed by atoms with Gasteiger partial charge < -0.3 is 20.3 Å². The van der Waals surface area contributed by atoms with Gasteiger partial charge in [-0.1, -0.05) is 49.9 Å². The van der Waals surface area contributed by atoms with Crippen LogP contribution in [0.15, 0.2) is 18.2 Å². The van der Waals surface area contributed by atoms with Crippen LogP contribution < -0.4 is 10.6 Å². The molecule has 0 radical (unpaired) electrons. The van der Waals surface area contributed by atoms with Crippen LogP contribution in [0.3, 0.4) is 0 Å². The number of nitrogens with one attached hydrogen (secondary N) is 2. The lowest BCUT2D eigenvalue weighted by Crippen LogP contribution is -2.53. The number of hydrogen-bond donors (Lipinski definition) is 2. The first-order chi connectivity index (χ1) is 15.9. The van der Waals surface area contributed by atoms with Gasteiger partial charge in [-0.25, -0.2) is 4.79 Å². The Morgan fingerprint density at radius 1 is 1.12 bits per heavy atom. The molecule has 3 amide bonds. The monoisotopic (exact) mass is 473 g/mol. The first kappa shape index (κ1) is 27.7. The first-order valence-electron chi connectivity index (χ1n) is 12.6. The zero-order valence-corrected chi connectivity index (χ0v) is 22.0. The third-order valence-electron chi connectivity index (χ3n) is 6.08. The number of amides is 3. The third kappa shape index (κ3) is 8.03. The summed E-state index contributed by atoms with van der Waals surface area (Å²) in [7, 11) is 0. The zero-order valence-electron chi connectivity index (χ0n) is 22.0. The average molecular weight is 474 g/mol. The summed E-state index contributed by atoms with van der Waals surface area (Å²) in [5.74, 6) is -0.471. The maximum absolute atomic E-state index is 13.7. The van der Waals surface area contributed by atoms with E-state index in [4.69, 9.17) is 4.74 Å². The van der Waals surface area contributed by atoms with Crippen molar-refractivity contribution in [3.05, 3.63) is 34.9 Å². The second-order valence-electron chi connectivity index (χ2n) is 10.5. The molecule has 0 aromatic heterocycles. The lowest BCUT2D eigenvalue weighted by molar-refractivity contribution is -0.142. The van der Waals surface area contributed by atoms with E-state index in [0.29, 0.717) is 13.0 Å². The maximum atomic E-state index is 13.7. The SMILES string of the molecule is CCCN(C(=O)C(C)NC(=O)OC(C)(C)C)C(C(=O)NC1CCCCC1)c1ccc(C)cc1C. The Bertz CT molecular complexity index is 856. The molecule has 190 valence electrons. The van der Waals surface area contributed by atoms with Crippen LogP contribution in [0.25, 0.3) is 0 Å². The van der Waals surface area contributed by atoms with Gasteiger partial charge in [0.1, 0.15) is 17.7 Å². The minimum Gasteiger partial charge on any atom is -0.444 e. The van der Waals surface area contributed by atoms with Gasteiger partial charge in [0.25, 0.3) is 0 Å². The molecule has 2 unspecified atom stereocenters. The van der Waals surface area contributed by atoms with E-state index in [-0.39, 0.29) is 17.9 Å². The summed E-state index contributed by atoms with van der Waals surface area (Å²) in [4.78, 5) is 41.2. The van der Waals surface area contributed by atoms with Gasteiger partial charge >= 0.3 is 6.09 Å². The Morgan fingerprint density at radius 2 is 1.76 bits per heavy atom. The lowest BCUT2D eigenvalue weighted by atomic mass is 9.93. The number of carbonyl (C=O) groups is 3. The number of alkyl carbamates (subject to hydrolysis) is 1. The normalized spacial score (nSPS) is 16.3. The Hall–Kier alpha value is -2.57. The molecule has 7 heteroatoms. The van der Waals surface area contributed by atoms with Crippen molar-refractivity contribution in [2.24, 2.45) is 0 Å². The number of ether oxygens (including phenoxy) is 1. The largest absolute Gasteiger partial charge is 0.444 e. The molecule has 1 aromatic rings. The van der Waals surface area contributed by atoms with Crippen molar-refractivity contribution in [1.82, 2.24) is 15.5 Å². The summed E-state index contributed by atoms with van der Waals surface area (Å²) in [6, 6.07) is 4.48. The van der Waals surface area contributed by atoms with Crippen LogP contribution in [0.1, 0.15) is 95.9 Å². The molecule has 0 heterocycles. The number of aryl methyl sites for hydroxylation is 2. The maximum Gasteiger partial charge on any atom is 0.408 e. The van der Waals surface area contributed by atoms with Crippen LogP contribution >= 0.6 is 0 Å². The van der Waals surface area contributed by atoms with E-state index in [1.54, 1.807) is 32.6 Å². The van der Waals surface area contributed by atoms with Gasteiger partial charge in [0, 0.05) is 12.6 Å². The lowest BCUT2D eigenvalue weighted by Gasteiger charge is -2.35. The van der Waals surface area contributed by atoms with Crippen molar-refractivity contribution in [3.8, 4) is 0 Å². The fourth-order valence-electron chi connectivity index (χ4n) is 4.51. The Morgan fingerprint density at radius 3 is 2.32 bits per heavy atom. The predicted molar refractivity (Wildman–Crippen MR) is 135 cm³/mol. The van der Waals surface area contributed by atoms with Crippen LogP contribution in [0.2, 0.25) is 0 Å². The molecular weight excluding hydrogens is 430 g/mol. The number of nitrogens with zero attached hydrogens (tertiary/aromatic N) is 1. The van der Waals surface area contributed by atoms with Crippen LogP contribution in [0.5, 0.6) is 0 Å².